The van der Waals surface area contributed by atoms with Gasteiger partial charge in [-0.25, -0.2) is 9.69 Å². The lowest BCUT2D eigenvalue weighted by Crippen LogP contribution is -2.48. The maximum absolute atomic E-state index is 13.2. The quantitative estimate of drug-likeness (QED) is 0.727. The maximum atomic E-state index is 13.2. The summed E-state index contributed by atoms with van der Waals surface area (Å²) in [6, 6.07) is 8.82. The molecule has 1 spiro atoms. The van der Waals surface area contributed by atoms with Crippen molar-refractivity contribution >= 4 is 18.7 Å². The van der Waals surface area contributed by atoms with Crippen molar-refractivity contribution in [2.45, 2.75) is 50.0 Å². The second-order valence-corrected chi connectivity index (χ2v) is 7.70. The number of benzene rings is 1. The number of hydrogen-bond donors (Lipinski definition) is 0. The van der Waals surface area contributed by atoms with E-state index in [4.69, 9.17) is 14.2 Å². The van der Waals surface area contributed by atoms with Crippen molar-refractivity contribution in [2.24, 2.45) is 10.9 Å². The average molecular weight is 386 g/mol. The molecule has 0 aromatic heterocycles. The molecule has 1 aliphatic carbocycles. The van der Waals surface area contributed by atoms with Crippen molar-refractivity contribution in [2.75, 3.05) is 19.8 Å². The molecule has 0 bridgehead atoms. The van der Waals surface area contributed by atoms with Gasteiger partial charge in [0.15, 0.2) is 5.79 Å². The van der Waals surface area contributed by atoms with E-state index in [1.54, 1.807) is 0 Å². The van der Waals surface area contributed by atoms with Crippen molar-refractivity contribution < 1.29 is 23.8 Å². The Bertz CT molecular complexity index is 722. The largest absolute Gasteiger partial charge is 0.447 e. The first-order valence-corrected chi connectivity index (χ1v) is 9.89. The molecule has 1 aromatic carbocycles. The van der Waals surface area contributed by atoms with Crippen LogP contribution >= 0.6 is 0 Å². The van der Waals surface area contributed by atoms with E-state index < -0.39 is 17.9 Å². The summed E-state index contributed by atoms with van der Waals surface area (Å²) in [7, 11) is 0. The first-order valence-electron chi connectivity index (χ1n) is 9.89. The number of imide groups is 1. The highest BCUT2D eigenvalue weighted by Gasteiger charge is 2.46. The molecule has 2 heterocycles. The van der Waals surface area contributed by atoms with Crippen molar-refractivity contribution in [3.05, 3.63) is 35.9 Å². The Morgan fingerprint density at radius 1 is 1.21 bits per heavy atom. The Hall–Kier alpha value is -2.25. The molecule has 1 aromatic rings. The first kappa shape index (κ1) is 19.1. The Morgan fingerprint density at radius 2 is 1.89 bits per heavy atom. The summed E-state index contributed by atoms with van der Waals surface area (Å²) in [4.78, 5) is 30.9. The second-order valence-electron chi connectivity index (χ2n) is 7.70. The van der Waals surface area contributed by atoms with Gasteiger partial charge in [-0.15, -0.1) is 0 Å². The average Bonchev–Trinajstić information content (AvgIpc) is 3.31. The van der Waals surface area contributed by atoms with E-state index >= 15 is 0 Å². The van der Waals surface area contributed by atoms with Crippen LogP contribution in [0.25, 0.3) is 0 Å². The molecule has 0 unspecified atom stereocenters. The predicted octanol–water partition coefficient (Wildman–Crippen LogP) is 2.58. The molecule has 2 amide bonds. The van der Waals surface area contributed by atoms with Crippen molar-refractivity contribution in [1.82, 2.24) is 4.90 Å². The summed E-state index contributed by atoms with van der Waals surface area (Å²) in [5.41, 5.74) is 1.06. The summed E-state index contributed by atoms with van der Waals surface area (Å²) in [5.74, 6) is -0.782. The van der Waals surface area contributed by atoms with Crippen molar-refractivity contribution in [3.63, 3.8) is 0 Å². The zero-order valence-corrected chi connectivity index (χ0v) is 15.9. The Labute approximate surface area is 164 Å². The third-order valence-electron chi connectivity index (χ3n) is 6.01. The third-order valence-corrected chi connectivity index (χ3v) is 6.01. The Balaban J connectivity index is 1.44. The Kier molecular flexibility index (Phi) is 5.46. The number of hydrogen-bond acceptors (Lipinski definition) is 6. The van der Waals surface area contributed by atoms with Gasteiger partial charge in [-0.2, -0.15) is 0 Å². The highest BCUT2D eigenvalue weighted by atomic mass is 16.7. The van der Waals surface area contributed by atoms with Gasteiger partial charge in [-0.3, -0.25) is 9.79 Å². The number of carbonyl (C=O) groups excluding carboxylic acids is 2. The molecule has 4 rings (SSSR count). The fourth-order valence-electron chi connectivity index (χ4n) is 4.52. The van der Waals surface area contributed by atoms with Gasteiger partial charge < -0.3 is 14.2 Å². The maximum Gasteiger partial charge on any atom is 0.417 e. The smallest absolute Gasteiger partial charge is 0.417 e. The molecule has 0 radical (unpaired) electrons. The third kappa shape index (κ3) is 3.69. The van der Waals surface area contributed by atoms with E-state index in [-0.39, 0.29) is 24.5 Å². The fourth-order valence-corrected chi connectivity index (χ4v) is 4.52. The molecule has 3 aliphatic rings. The summed E-state index contributed by atoms with van der Waals surface area (Å²) < 4.78 is 16.7. The van der Waals surface area contributed by atoms with E-state index in [9.17, 15) is 9.59 Å². The number of amides is 2. The lowest BCUT2D eigenvalue weighted by atomic mass is 9.80. The molecule has 3 fully saturated rings. The lowest BCUT2D eigenvalue weighted by molar-refractivity contribution is -0.184. The van der Waals surface area contributed by atoms with E-state index in [2.05, 4.69) is 11.7 Å². The zero-order valence-electron chi connectivity index (χ0n) is 15.9. The minimum atomic E-state index is -0.650. The monoisotopic (exact) mass is 386 g/mol. The van der Waals surface area contributed by atoms with E-state index in [1.165, 1.54) is 4.90 Å². The van der Waals surface area contributed by atoms with Gasteiger partial charge in [0.05, 0.1) is 19.3 Å². The van der Waals surface area contributed by atoms with Crippen LogP contribution in [-0.2, 0) is 25.4 Å². The molecular weight excluding hydrogens is 360 g/mol. The van der Waals surface area contributed by atoms with Gasteiger partial charge in [0, 0.05) is 12.8 Å². The number of nitrogens with zero attached hydrogens (tertiary/aromatic N) is 2. The fraction of sp³-hybridized carbons (Fsp3) is 0.571. The summed E-state index contributed by atoms with van der Waals surface area (Å²) in [6.07, 6.45) is 2.94. The summed E-state index contributed by atoms with van der Waals surface area (Å²) in [6.45, 7) is 5.08. The van der Waals surface area contributed by atoms with Crippen LogP contribution in [0, 0.1) is 5.92 Å². The number of ether oxygens (including phenoxy) is 3. The van der Waals surface area contributed by atoms with E-state index in [0.29, 0.717) is 19.6 Å². The first-order chi connectivity index (χ1) is 13.6. The van der Waals surface area contributed by atoms with E-state index in [1.807, 2.05) is 30.3 Å². The number of rotatable bonds is 5. The van der Waals surface area contributed by atoms with Gasteiger partial charge in [-0.1, -0.05) is 30.3 Å². The molecule has 2 atom stereocenters. The van der Waals surface area contributed by atoms with Crippen LogP contribution in [-0.4, -0.2) is 61.3 Å². The van der Waals surface area contributed by atoms with Crippen LogP contribution in [0.15, 0.2) is 35.3 Å². The number of carbonyl (C=O) groups is 2. The molecule has 28 heavy (non-hydrogen) atoms. The highest BCUT2D eigenvalue weighted by molar-refractivity contribution is 5.97. The summed E-state index contributed by atoms with van der Waals surface area (Å²) >= 11 is 0. The molecule has 2 saturated heterocycles. The van der Waals surface area contributed by atoms with Gasteiger partial charge in [0.2, 0.25) is 0 Å². The molecule has 2 aliphatic heterocycles. The van der Waals surface area contributed by atoms with Crippen LogP contribution < -0.4 is 0 Å². The molecule has 7 heteroatoms. The minimum absolute atomic E-state index is 0.0224. The SMILES string of the molecule is C=N[C@H](C(=O)N1C(=O)OC[C@@H]1Cc1ccccc1)C1CCC2(CC1)OCCO2. The van der Waals surface area contributed by atoms with Crippen LogP contribution in [0.5, 0.6) is 0 Å². The molecule has 1 saturated carbocycles. The normalized spacial score (nSPS) is 25.6. The summed E-state index contributed by atoms with van der Waals surface area (Å²) in [5, 5.41) is 0. The molecule has 0 N–H and O–H groups in total. The minimum Gasteiger partial charge on any atom is -0.447 e. The van der Waals surface area contributed by atoms with Gasteiger partial charge >= 0.3 is 6.09 Å². The van der Waals surface area contributed by atoms with Crippen LogP contribution in [0.2, 0.25) is 0 Å². The Morgan fingerprint density at radius 3 is 2.54 bits per heavy atom. The second kappa shape index (κ2) is 8.01. The van der Waals surface area contributed by atoms with Crippen LogP contribution in [0.3, 0.4) is 0 Å². The van der Waals surface area contributed by atoms with Gasteiger partial charge in [0.25, 0.3) is 5.91 Å². The number of cyclic esters (lactones) is 1. The van der Waals surface area contributed by atoms with E-state index in [0.717, 1.165) is 31.2 Å². The van der Waals surface area contributed by atoms with Gasteiger partial charge in [-0.05, 0) is 37.5 Å². The predicted molar refractivity (Wildman–Crippen MR) is 102 cm³/mol. The van der Waals surface area contributed by atoms with Gasteiger partial charge in [0.1, 0.15) is 12.6 Å². The van der Waals surface area contributed by atoms with Crippen molar-refractivity contribution in [1.29, 1.82) is 0 Å². The molecular formula is C21H26N2O5. The van der Waals surface area contributed by atoms with Crippen molar-refractivity contribution in [3.8, 4) is 0 Å². The standard InChI is InChI=1S/C21H26N2O5/c1-22-18(16-7-9-21(10-8-16)27-11-12-28-21)19(24)23-17(14-26-20(23)25)13-15-5-3-2-4-6-15/h2-6,16-18H,1,7-14H2/t17-,18-/m0/s1. The topological polar surface area (TPSA) is 77.4 Å². The van der Waals surface area contributed by atoms with Crippen LogP contribution in [0.4, 0.5) is 4.79 Å². The lowest BCUT2D eigenvalue weighted by Gasteiger charge is -2.37. The molecule has 7 nitrogen and oxygen atoms in total. The highest BCUT2D eigenvalue weighted by Crippen LogP contribution is 2.40. The zero-order chi connectivity index (χ0) is 19.6. The molecule has 150 valence electrons. The van der Waals surface area contributed by atoms with Crippen LogP contribution in [0.1, 0.15) is 31.2 Å². The number of aliphatic imine (C=N–C) groups is 1.